The number of anilines is 2. The van der Waals surface area contributed by atoms with Crippen LogP contribution in [-0.4, -0.2) is 17.4 Å². The molecule has 0 aromatic heterocycles. The Kier molecular flexibility index (Phi) is 5.12. The number of carbonyl (C=O) groups is 2. The molecule has 1 heterocycles. The van der Waals surface area contributed by atoms with Crippen molar-refractivity contribution in [2.75, 3.05) is 10.2 Å². The van der Waals surface area contributed by atoms with E-state index in [-0.39, 0.29) is 22.8 Å². The van der Waals surface area contributed by atoms with Gasteiger partial charge in [-0.15, -0.1) is 0 Å². The maximum Gasteiger partial charge on any atom is 0.323 e. The molecule has 37 heavy (non-hydrogen) atoms. The third-order valence-electron chi connectivity index (χ3n) is 9.65. The van der Waals surface area contributed by atoms with Gasteiger partial charge in [0.25, 0.3) is 0 Å². The minimum absolute atomic E-state index is 0.0727. The number of rotatable bonds is 2. The zero-order valence-electron chi connectivity index (χ0n) is 21.9. The Morgan fingerprint density at radius 3 is 2.19 bits per heavy atom. The van der Waals surface area contributed by atoms with E-state index in [2.05, 4.69) is 36.6 Å². The molecule has 1 unspecified atom stereocenters. The summed E-state index contributed by atoms with van der Waals surface area (Å²) in [4.78, 5) is 30.3. The number of hydrogen-bond acceptors (Lipinski definition) is 3. The van der Waals surface area contributed by atoms with Gasteiger partial charge < -0.3 is 10.6 Å². The number of amides is 2. The number of fused-ring (bicyclic) bond motifs is 1. The van der Waals surface area contributed by atoms with Crippen molar-refractivity contribution in [2.24, 2.45) is 23.2 Å². The van der Waals surface area contributed by atoms with Gasteiger partial charge in [0.2, 0.25) is 0 Å². The second kappa shape index (κ2) is 8.21. The third-order valence-corrected chi connectivity index (χ3v) is 9.65. The number of urea groups is 1. The Balaban J connectivity index is 1.36. The quantitative estimate of drug-likeness (QED) is 0.472. The molecule has 2 N–H and O–H groups in total. The normalized spacial score (nSPS) is 33.4. The molecule has 5 heteroatoms. The molecule has 4 fully saturated rings. The van der Waals surface area contributed by atoms with Gasteiger partial charge in [-0.3, -0.25) is 9.69 Å². The Morgan fingerprint density at radius 2 is 1.51 bits per heavy atom. The van der Waals surface area contributed by atoms with Gasteiger partial charge in [0.1, 0.15) is 0 Å². The molecule has 4 saturated carbocycles. The fourth-order valence-corrected chi connectivity index (χ4v) is 8.71. The maximum atomic E-state index is 14.5. The Morgan fingerprint density at radius 1 is 0.892 bits per heavy atom. The van der Waals surface area contributed by atoms with Crippen LogP contribution < -0.4 is 15.5 Å². The Bertz CT molecular complexity index is 1260. The second-order valence-electron chi connectivity index (χ2n) is 13.3. The van der Waals surface area contributed by atoms with Crippen molar-refractivity contribution < 1.29 is 9.59 Å². The summed E-state index contributed by atoms with van der Waals surface area (Å²) in [7, 11) is 0. The fraction of sp³-hybridized carbons (Fsp3) is 0.500. The van der Waals surface area contributed by atoms with Crippen molar-refractivity contribution in [3.63, 3.8) is 0 Å². The van der Waals surface area contributed by atoms with Crippen LogP contribution in [0.4, 0.5) is 16.2 Å². The van der Waals surface area contributed by atoms with Gasteiger partial charge in [-0.05, 0) is 85.8 Å². The first kappa shape index (κ1) is 23.1. The molecular weight excluding hydrogens is 458 g/mol. The molecule has 192 valence electrons. The summed E-state index contributed by atoms with van der Waals surface area (Å²) in [6.45, 7) is 4.31. The van der Waals surface area contributed by atoms with Crippen LogP contribution >= 0.6 is 0 Å². The van der Waals surface area contributed by atoms with Crippen LogP contribution in [0.15, 0.2) is 65.9 Å². The molecule has 2 aromatic carbocycles. The predicted molar refractivity (Wildman–Crippen MR) is 146 cm³/mol. The van der Waals surface area contributed by atoms with Crippen molar-refractivity contribution in [1.29, 1.82) is 0 Å². The average molecular weight is 496 g/mol. The molecule has 5 nitrogen and oxygen atoms in total. The Labute approximate surface area is 219 Å². The van der Waals surface area contributed by atoms with E-state index in [1.807, 2.05) is 47.4 Å². The highest BCUT2D eigenvalue weighted by Gasteiger charge is 2.53. The van der Waals surface area contributed by atoms with Crippen molar-refractivity contribution in [1.82, 2.24) is 5.32 Å². The van der Waals surface area contributed by atoms with Crippen molar-refractivity contribution >= 4 is 23.2 Å². The van der Waals surface area contributed by atoms with E-state index in [0.717, 1.165) is 71.6 Å². The number of benzene rings is 2. The number of Topliss-reactive ketones (excluding diaryl/α,β-unsaturated/α-hetero) is 1. The first-order valence-electron chi connectivity index (χ1n) is 14.1. The molecular formula is C32H37N3O2. The van der Waals surface area contributed by atoms with Crippen molar-refractivity contribution in [3.05, 3.63) is 71.4 Å². The van der Waals surface area contributed by atoms with Gasteiger partial charge in [0.15, 0.2) is 5.78 Å². The molecule has 1 atom stereocenters. The van der Waals surface area contributed by atoms with E-state index < -0.39 is 6.04 Å². The van der Waals surface area contributed by atoms with E-state index in [4.69, 9.17) is 0 Å². The lowest BCUT2D eigenvalue weighted by Crippen LogP contribution is -2.62. The van der Waals surface area contributed by atoms with Crippen LogP contribution in [-0.2, 0) is 4.79 Å². The maximum absolute atomic E-state index is 14.5. The Hall–Kier alpha value is -3.08. The van der Waals surface area contributed by atoms with E-state index >= 15 is 0 Å². The molecule has 0 spiro atoms. The highest BCUT2D eigenvalue weighted by atomic mass is 16.2. The highest BCUT2D eigenvalue weighted by Crippen LogP contribution is 2.56. The molecule has 2 aromatic rings. The van der Waals surface area contributed by atoms with Gasteiger partial charge >= 0.3 is 6.03 Å². The summed E-state index contributed by atoms with van der Waals surface area (Å²) < 4.78 is 0. The SMILES string of the molecule is CC1(C)CC(=O)C2=C(C1)Nc1ccccc1N(C(=O)NC13CC4CC(CC(C4)C1)C3)C2c1ccccc1. The first-order valence-corrected chi connectivity index (χ1v) is 14.1. The van der Waals surface area contributed by atoms with Crippen LogP contribution in [0.25, 0.3) is 0 Å². The van der Waals surface area contributed by atoms with Crippen LogP contribution in [0.2, 0.25) is 0 Å². The van der Waals surface area contributed by atoms with Crippen LogP contribution in [0, 0.1) is 23.2 Å². The number of carbonyl (C=O) groups excluding carboxylic acids is 2. The molecule has 5 aliphatic carbocycles. The zero-order valence-corrected chi connectivity index (χ0v) is 21.9. The minimum Gasteiger partial charge on any atom is -0.357 e. The fourth-order valence-electron chi connectivity index (χ4n) is 8.71. The second-order valence-corrected chi connectivity index (χ2v) is 13.3. The lowest BCUT2D eigenvalue weighted by Gasteiger charge is -2.57. The third kappa shape index (κ3) is 3.89. The van der Waals surface area contributed by atoms with E-state index in [0.29, 0.717) is 6.42 Å². The first-order chi connectivity index (χ1) is 17.8. The molecule has 8 rings (SSSR count). The number of para-hydroxylation sites is 2. The van der Waals surface area contributed by atoms with Crippen LogP contribution in [0.1, 0.15) is 76.8 Å². The number of hydrogen-bond donors (Lipinski definition) is 2. The van der Waals surface area contributed by atoms with Gasteiger partial charge in [0.05, 0.1) is 17.4 Å². The molecule has 4 bridgehead atoms. The van der Waals surface area contributed by atoms with Crippen LogP contribution in [0.5, 0.6) is 0 Å². The molecule has 2 amide bonds. The number of nitrogens with one attached hydrogen (secondary N) is 2. The summed E-state index contributed by atoms with van der Waals surface area (Å²) >= 11 is 0. The van der Waals surface area contributed by atoms with E-state index in [9.17, 15) is 9.59 Å². The van der Waals surface area contributed by atoms with Gasteiger partial charge in [-0.1, -0.05) is 56.3 Å². The minimum atomic E-state index is -0.468. The van der Waals surface area contributed by atoms with Crippen LogP contribution in [0.3, 0.4) is 0 Å². The van der Waals surface area contributed by atoms with Crippen molar-refractivity contribution in [3.8, 4) is 0 Å². The average Bonchev–Trinajstić information content (AvgIpc) is 2.97. The van der Waals surface area contributed by atoms with E-state index in [1.54, 1.807) is 0 Å². The summed E-state index contributed by atoms with van der Waals surface area (Å²) in [5.74, 6) is 2.36. The highest BCUT2D eigenvalue weighted by molar-refractivity contribution is 6.06. The number of nitrogens with zero attached hydrogens (tertiary/aromatic N) is 1. The standard InChI is InChI=1S/C32H37N3O2/c1-31(2)18-25-28(27(36)19-31)29(23-8-4-3-5-9-23)35(26-11-7-6-10-24(26)33-25)30(37)34-32-15-20-12-21(16-32)14-22(13-20)17-32/h3-11,20-22,29,33H,12-19H2,1-2H3,(H,34,37). The van der Waals surface area contributed by atoms with Gasteiger partial charge in [0, 0.05) is 23.2 Å². The molecule has 6 aliphatic rings. The predicted octanol–water partition coefficient (Wildman–Crippen LogP) is 6.98. The summed E-state index contributed by atoms with van der Waals surface area (Å²) in [5.41, 5.74) is 4.14. The largest absolute Gasteiger partial charge is 0.357 e. The lowest BCUT2D eigenvalue weighted by atomic mass is 9.53. The zero-order chi connectivity index (χ0) is 25.4. The summed E-state index contributed by atoms with van der Waals surface area (Å²) in [5, 5.41) is 7.24. The smallest absolute Gasteiger partial charge is 0.323 e. The molecule has 1 aliphatic heterocycles. The molecule has 0 radical (unpaired) electrons. The summed E-state index contributed by atoms with van der Waals surface area (Å²) in [6.07, 6.45) is 8.53. The monoisotopic (exact) mass is 495 g/mol. The van der Waals surface area contributed by atoms with E-state index in [1.165, 1.54) is 19.3 Å². The number of ketones is 1. The van der Waals surface area contributed by atoms with Crippen molar-refractivity contribution in [2.45, 2.75) is 76.8 Å². The molecule has 0 saturated heterocycles. The number of allylic oxidation sites excluding steroid dienone is 1. The van der Waals surface area contributed by atoms with Gasteiger partial charge in [-0.25, -0.2) is 4.79 Å². The summed E-state index contributed by atoms with van der Waals surface area (Å²) in [6, 6.07) is 17.6. The van der Waals surface area contributed by atoms with Gasteiger partial charge in [-0.2, -0.15) is 0 Å². The lowest BCUT2D eigenvalue weighted by molar-refractivity contribution is -0.118. The topological polar surface area (TPSA) is 61.4 Å².